The molecule has 22 heavy (non-hydrogen) atoms. The number of carbonyl (C=O) groups excluding carboxylic acids is 1. The lowest BCUT2D eigenvalue weighted by Gasteiger charge is -2.27. The number of fused-ring (bicyclic) bond motifs is 1. The van der Waals surface area contributed by atoms with Crippen LogP contribution in [-0.4, -0.2) is 23.5 Å². The van der Waals surface area contributed by atoms with Crippen molar-refractivity contribution >= 4 is 28.6 Å². The third-order valence-corrected chi connectivity index (χ3v) is 6.10. The van der Waals surface area contributed by atoms with E-state index in [-0.39, 0.29) is 12.0 Å². The fourth-order valence-electron chi connectivity index (χ4n) is 3.06. The molecule has 0 N–H and O–H groups in total. The molecule has 1 aliphatic heterocycles. The van der Waals surface area contributed by atoms with Crippen LogP contribution in [0.25, 0.3) is 0 Å². The fraction of sp³-hybridized carbons (Fsp3) is 0.471. The second-order valence-electron chi connectivity index (χ2n) is 6.00. The molecule has 1 saturated carbocycles. The van der Waals surface area contributed by atoms with Gasteiger partial charge in [0.2, 0.25) is 5.91 Å². The minimum atomic E-state index is -0.0498. The molecule has 0 saturated heterocycles. The molecule has 5 heteroatoms. The molecule has 3 heterocycles. The number of nitrogens with zero attached hydrogens (tertiary/aromatic N) is 1. The molecule has 1 fully saturated rings. The molecule has 0 spiro atoms. The summed E-state index contributed by atoms with van der Waals surface area (Å²) >= 11 is 3.48. The van der Waals surface area contributed by atoms with Crippen LogP contribution < -0.4 is 0 Å². The van der Waals surface area contributed by atoms with Crippen LogP contribution in [0.2, 0.25) is 0 Å². The van der Waals surface area contributed by atoms with Crippen molar-refractivity contribution in [3.05, 3.63) is 44.3 Å². The van der Waals surface area contributed by atoms with Crippen molar-refractivity contribution < 1.29 is 9.53 Å². The predicted molar refractivity (Wildman–Crippen MR) is 89.2 cm³/mol. The van der Waals surface area contributed by atoms with Crippen molar-refractivity contribution in [2.24, 2.45) is 0 Å². The van der Waals surface area contributed by atoms with Gasteiger partial charge in [-0.05, 0) is 52.2 Å². The van der Waals surface area contributed by atoms with Crippen LogP contribution in [-0.2, 0) is 22.5 Å². The summed E-state index contributed by atoms with van der Waals surface area (Å²) in [6, 6.07) is 4.68. The summed E-state index contributed by atoms with van der Waals surface area (Å²) in [7, 11) is 0. The molecule has 1 amide bonds. The highest BCUT2D eigenvalue weighted by atomic mass is 32.1. The summed E-state index contributed by atoms with van der Waals surface area (Å²) in [5, 5.41) is 6.32. The zero-order chi connectivity index (χ0) is 14.9. The van der Waals surface area contributed by atoms with Gasteiger partial charge in [0.05, 0.1) is 19.1 Å². The van der Waals surface area contributed by atoms with Crippen LogP contribution in [0.4, 0.5) is 0 Å². The van der Waals surface area contributed by atoms with E-state index >= 15 is 0 Å². The van der Waals surface area contributed by atoms with E-state index in [4.69, 9.17) is 4.74 Å². The van der Waals surface area contributed by atoms with E-state index in [9.17, 15) is 4.79 Å². The van der Waals surface area contributed by atoms with Crippen molar-refractivity contribution in [2.75, 3.05) is 6.61 Å². The molecule has 0 aromatic carbocycles. The molecule has 0 bridgehead atoms. The van der Waals surface area contributed by atoms with Gasteiger partial charge in [0.15, 0.2) is 0 Å². The average Bonchev–Trinajstić information content (AvgIpc) is 3.02. The lowest BCUT2D eigenvalue weighted by Crippen LogP contribution is -2.34. The van der Waals surface area contributed by atoms with E-state index < -0.39 is 0 Å². The quantitative estimate of drug-likeness (QED) is 0.827. The van der Waals surface area contributed by atoms with E-state index in [0.29, 0.717) is 12.5 Å². The Kier molecular flexibility index (Phi) is 4.03. The van der Waals surface area contributed by atoms with Crippen LogP contribution in [0.15, 0.2) is 28.3 Å². The minimum absolute atomic E-state index is 0.0498. The van der Waals surface area contributed by atoms with Crippen LogP contribution >= 0.6 is 22.7 Å². The molecule has 116 valence electrons. The maximum absolute atomic E-state index is 12.8. The zero-order valence-electron chi connectivity index (χ0n) is 12.4. The Balaban J connectivity index is 1.46. The maximum Gasteiger partial charge on any atom is 0.226 e. The molecule has 0 radical (unpaired) electrons. The van der Waals surface area contributed by atoms with Crippen LogP contribution in [0.5, 0.6) is 0 Å². The van der Waals surface area contributed by atoms with Gasteiger partial charge in [0.25, 0.3) is 0 Å². The second-order valence-corrected chi connectivity index (χ2v) is 7.78. The highest BCUT2D eigenvalue weighted by molar-refractivity contribution is 7.10. The molecule has 1 atom stereocenters. The standard InChI is InChI=1S/C17H19NO2S2/c19-17(9-15-14-5-8-22-16(14)3-6-20-15)18(13-1-2-13)10-12-4-7-21-11-12/h4-5,7-8,11,13,15H,1-3,6,9-10H2/t15-/m1/s1. The molecule has 2 aromatic heterocycles. The predicted octanol–water partition coefficient (Wildman–Crippen LogP) is 4.00. The number of rotatable bonds is 5. The number of amides is 1. The molecule has 0 unspecified atom stereocenters. The second kappa shape index (κ2) is 6.14. The van der Waals surface area contributed by atoms with Gasteiger partial charge in [-0.15, -0.1) is 11.3 Å². The van der Waals surface area contributed by atoms with Gasteiger partial charge in [-0.1, -0.05) is 0 Å². The van der Waals surface area contributed by atoms with Crippen molar-refractivity contribution in [3.8, 4) is 0 Å². The number of thiophene rings is 2. The molecule has 2 aliphatic rings. The highest BCUT2D eigenvalue weighted by Crippen LogP contribution is 2.35. The van der Waals surface area contributed by atoms with E-state index in [1.54, 1.807) is 22.7 Å². The monoisotopic (exact) mass is 333 g/mol. The lowest BCUT2D eigenvalue weighted by atomic mass is 10.0. The Labute approximate surface area is 138 Å². The van der Waals surface area contributed by atoms with Crippen molar-refractivity contribution in [1.82, 2.24) is 4.90 Å². The third-order valence-electron chi connectivity index (χ3n) is 4.38. The summed E-state index contributed by atoms with van der Waals surface area (Å²) in [6.07, 6.45) is 3.70. The molecule has 1 aliphatic carbocycles. The fourth-order valence-corrected chi connectivity index (χ4v) is 4.63. The lowest BCUT2D eigenvalue weighted by molar-refractivity contribution is -0.135. The Morgan fingerprint density at radius 1 is 1.32 bits per heavy atom. The van der Waals surface area contributed by atoms with Crippen molar-refractivity contribution in [3.63, 3.8) is 0 Å². The van der Waals surface area contributed by atoms with E-state index in [1.807, 2.05) is 0 Å². The SMILES string of the molecule is O=C(C[C@H]1OCCc2sccc21)N(Cc1ccsc1)C1CC1. The van der Waals surface area contributed by atoms with Crippen molar-refractivity contribution in [2.45, 2.75) is 44.4 Å². The summed E-state index contributed by atoms with van der Waals surface area (Å²) in [4.78, 5) is 16.3. The highest BCUT2D eigenvalue weighted by Gasteiger charge is 2.34. The van der Waals surface area contributed by atoms with Gasteiger partial charge in [-0.3, -0.25) is 4.79 Å². The maximum atomic E-state index is 12.8. The first-order chi connectivity index (χ1) is 10.8. The van der Waals surface area contributed by atoms with Gasteiger partial charge < -0.3 is 9.64 Å². The Morgan fingerprint density at radius 2 is 2.23 bits per heavy atom. The number of carbonyl (C=O) groups is 1. The molecule has 3 nitrogen and oxygen atoms in total. The van der Waals surface area contributed by atoms with Gasteiger partial charge >= 0.3 is 0 Å². The van der Waals surface area contributed by atoms with Gasteiger partial charge in [-0.25, -0.2) is 0 Å². The van der Waals surface area contributed by atoms with Crippen LogP contribution in [0.3, 0.4) is 0 Å². The smallest absolute Gasteiger partial charge is 0.226 e. The first-order valence-corrected chi connectivity index (χ1v) is 9.62. The van der Waals surface area contributed by atoms with E-state index in [2.05, 4.69) is 33.2 Å². The topological polar surface area (TPSA) is 29.5 Å². The summed E-state index contributed by atoms with van der Waals surface area (Å²) < 4.78 is 5.88. The summed E-state index contributed by atoms with van der Waals surface area (Å²) in [5.41, 5.74) is 2.47. The Bertz CT molecular complexity index is 645. The van der Waals surface area contributed by atoms with E-state index in [1.165, 1.54) is 16.0 Å². The third kappa shape index (κ3) is 2.98. The Morgan fingerprint density at radius 3 is 3.00 bits per heavy atom. The molecule has 2 aromatic rings. The van der Waals surface area contributed by atoms with Gasteiger partial charge in [-0.2, -0.15) is 11.3 Å². The van der Waals surface area contributed by atoms with Crippen LogP contribution in [0.1, 0.15) is 41.4 Å². The summed E-state index contributed by atoms with van der Waals surface area (Å²) in [5.74, 6) is 0.234. The van der Waals surface area contributed by atoms with Gasteiger partial charge in [0, 0.05) is 23.9 Å². The normalized spacial score (nSPS) is 20.6. The van der Waals surface area contributed by atoms with Crippen molar-refractivity contribution in [1.29, 1.82) is 0 Å². The largest absolute Gasteiger partial charge is 0.373 e. The van der Waals surface area contributed by atoms with Gasteiger partial charge in [0.1, 0.15) is 0 Å². The molecular weight excluding hydrogens is 314 g/mol. The average molecular weight is 333 g/mol. The minimum Gasteiger partial charge on any atom is -0.373 e. The zero-order valence-corrected chi connectivity index (χ0v) is 14.0. The first kappa shape index (κ1) is 14.4. The summed E-state index contributed by atoms with van der Waals surface area (Å²) in [6.45, 7) is 1.48. The number of ether oxygens (including phenoxy) is 1. The van der Waals surface area contributed by atoms with E-state index in [0.717, 1.165) is 32.4 Å². The Hall–Kier alpha value is -1.17. The molecule has 4 rings (SSSR count). The number of hydrogen-bond acceptors (Lipinski definition) is 4. The number of hydrogen-bond donors (Lipinski definition) is 0. The van der Waals surface area contributed by atoms with Crippen LogP contribution in [0, 0.1) is 0 Å². The molecular formula is C17H19NO2S2. The first-order valence-electron chi connectivity index (χ1n) is 7.79.